The summed E-state index contributed by atoms with van der Waals surface area (Å²) >= 11 is 0. The molecule has 1 aliphatic heterocycles. The van der Waals surface area contributed by atoms with E-state index in [0.29, 0.717) is 12.5 Å². The highest BCUT2D eigenvalue weighted by Crippen LogP contribution is 2.25. The van der Waals surface area contributed by atoms with Gasteiger partial charge >= 0.3 is 0 Å². The first-order chi connectivity index (χ1) is 15.6. The Labute approximate surface area is 211 Å². The van der Waals surface area contributed by atoms with Crippen LogP contribution in [0.3, 0.4) is 0 Å². The molecule has 1 saturated heterocycles. The molecular weight excluding hydrogens is 533 g/mol. The second-order valence-corrected chi connectivity index (χ2v) is 8.02. The van der Waals surface area contributed by atoms with Gasteiger partial charge in [-0.25, -0.2) is 9.98 Å². The molecular formula is C22H32IN9O. The van der Waals surface area contributed by atoms with Gasteiger partial charge in [-0.05, 0) is 43.9 Å². The van der Waals surface area contributed by atoms with Crippen LogP contribution in [-0.4, -0.2) is 67.5 Å². The standard InChI is InChI=1S/C22H31N9O.HI/c1-16-27-28-20(30(16)2)14-24-22(23-11-8-17-4-6-19(32-3)7-5-17)31-12-9-18(10-13-31)21-25-15-26-29-21;/h4-7,15,18H,8-14H2,1-3H3,(H,23,24)(H,25,26,29);1H. The van der Waals surface area contributed by atoms with E-state index in [-0.39, 0.29) is 24.0 Å². The van der Waals surface area contributed by atoms with Gasteiger partial charge in [0.1, 0.15) is 30.3 Å². The molecule has 0 saturated carbocycles. The molecule has 178 valence electrons. The highest BCUT2D eigenvalue weighted by molar-refractivity contribution is 14.0. The molecule has 0 radical (unpaired) electrons. The van der Waals surface area contributed by atoms with Crippen LogP contribution < -0.4 is 10.1 Å². The normalized spacial score (nSPS) is 14.8. The number of guanidine groups is 1. The maximum Gasteiger partial charge on any atom is 0.194 e. The molecule has 0 unspecified atom stereocenters. The summed E-state index contributed by atoms with van der Waals surface area (Å²) in [5, 5.41) is 19.0. The third-order valence-electron chi connectivity index (χ3n) is 6.02. The van der Waals surface area contributed by atoms with Crippen LogP contribution in [-0.2, 0) is 20.0 Å². The number of ether oxygens (including phenoxy) is 1. The summed E-state index contributed by atoms with van der Waals surface area (Å²) in [5.74, 6) is 4.92. The first kappa shape index (κ1) is 24.9. The topological polar surface area (TPSA) is 109 Å². The van der Waals surface area contributed by atoms with E-state index in [4.69, 9.17) is 9.73 Å². The molecule has 4 rings (SSSR count). The van der Waals surface area contributed by atoms with Crippen LogP contribution in [0.5, 0.6) is 5.75 Å². The van der Waals surface area contributed by atoms with E-state index < -0.39 is 0 Å². The van der Waals surface area contributed by atoms with Crippen molar-refractivity contribution in [3.8, 4) is 5.75 Å². The Hall–Kier alpha value is -2.70. The van der Waals surface area contributed by atoms with E-state index in [1.54, 1.807) is 13.4 Å². The minimum atomic E-state index is 0. The minimum Gasteiger partial charge on any atom is -0.497 e. The number of benzene rings is 1. The zero-order valence-electron chi connectivity index (χ0n) is 19.4. The number of aromatic nitrogens is 6. The lowest BCUT2D eigenvalue weighted by Crippen LogP contribution is -2.46. The van der Waals surface area contributed by atoms with E-state index in [0.717, 1.165) is 68.1 Å². The lowest BCUT2D eigenvalue weighted by Gasteiger charge is -2.33. The summed E-state index contributed by atoms with van der Waals surface area (Å²) < 4.78 is 7.23. The highest BCUT2D eigenvalue weighted by atomic mass is 127. The van der Waals surface area contributed by atoms with Gasteiger partial charge in [0, 0.05) is 32.6 Å². The van der Waals surface area contributed by atoms with E-state index >= 15 is 0 Å². The summed E-state index contributed by atoms with van der Waals surface area (Å²) in [6.45, 7) is 5.06. The molecule has 0 atom stereocenters. The number of aryl methyl sites for hydroxylation is 1. The van der Waals surface area contributed by atoms with Gasteiger partial charge in [-0.1, -0.05) is 12.1 Å². The lowest BCUT2D eigenvalue weighted by molar-refractivity contribution is 0.298. The van der Waals surface area contributed by atoms with Gasteiger partial charge in [-0.2, -0.15) is 5.10 Å². The number of halogens is 1. The van der Waals surface area contributed by atoms with Gasteiger partial charge in [0.25, 0.3) is 0 Å². The third-order valence-corrected chi connectivity index (χ3v) is 6.02. The summed E-state index contributed by atoms with van der Waals surface area (Å²) in [7, 11) is 3.66. The SMILES string of the molecule is COc1ccc(CCNC(=NCc2nnc(C)n2C)N2CCC(c3ncn[nH]3)CC2)cc1.I. The van der Waals surface area contributed by atoms with Crippen molar-refractivity contribution in [1.82, 2.24) is 40.2 Å². The highest BCUT2D eigenvalue weighted by Gasteiger charge is 2.24. The first-order valence-corrected chi connectivity index (χ1v) is 11.0. The van der Waals surface area contributed by atoms with E-state index in [9.17, 15) is 0 Å². The van der Waals surface area contributed by atoms with Crippen molar-refractivity contribution in [3.63, 3.8) is 0 Å². The van der Waals surface area contributed by atoms with Crippen molar-refractivity contribution in [2.75, 3.05) is 26.7 Å². The number of H-pyrrole nitrogens is 1. The number of hydrogen-bond acceptors (Lipinski definition) is 6. The number of likely N-dealkylation sites (tertiary alicyclic amines) is 1. The van der Waals surface area contributed by atoms with Crippen LogP contribution in [0.1, 0.15) is 41.8 Å². The zero-order chi connectivity index (χ0) is 22.3. The molecule has 3 heterocycles. The summed E-state index contributed by atoms with van der Waals surface area (Å²) in [5.41, 5.74) is 1.26. The van der Waals surface area contributed by atoms with Crippen LogP contribution in [0, 0.1) is 6.92 Å². The fourth-order valence-electron chi connectivity index (χ4n) is 3.89. The predicted molar refractivity (Wildman–Crippen MR) is 137 cm³/mol. The number of methoxy groups -OCH3 is 1. The average Bonchev–Trinajstić information content (AvgIpc) is 3.48. The van der Waals surface area contributed by atoms with Crippen LogP contribution in [0.15, 0.2) is 35.6 Å². The largest absolute Gasteiger partial charge is 0.497 e. The Bertz CT molecular complexity index is 1010. The second kappa shape index (κ2) is 12.0. The Morgan fingerprint density at radius 1 is 1.21 bits per heavy atom. The molecule has 1 fully saturated rings. The summed E-state index contributed by atoms with van der Waals surface area (Å²) in [6, 6.07) is 8.19. The monoisotopic (exact) mass is 565 g/mol. The molecule has 0 bridgehead atoms. The van der Waals surface area contributed by atoms with Crippen LogP contribution in [0.2, 0.25) is 0 Å². The number of hydrogen-bond donors (Lipinski definition) is 2. The number of rotatable bonds is 7. The summed E-state index contributed by atoms with van der Waals surface area (Å²) in [6.07, 6.45) is 4.51. The van der Waals surface area contributed by atoms with Crippen LogP contribution in [0.4, 0.5) is 0 Å². The lowest BCUT2D eigenvalue weighted by atomic mass is 9.96. The van der Waals surface area contributed by atoms with Gasteiger partial charge < -0.3 is 19.5 Å². The first-order valence-electron chi connectivity index (χ1n) is 11.0. The smallest absolute Gasteiger partial charge is 0.194 e. The van der Waals surface area contributed by atoms with Gasteiger partial charge in [-0.3, -0.25) is 5.10 Å². The number of piperidine rings is 1. The predicted octanol–water partition coefficient (Wildman–Crippen LogP) is 2.44. The van der Waals surface area contributed by atoms with Crippen LogP contribution in [0.25, 0.3) is 0 Å². The van der Waals surface area contributed by atoms with Crippen molar-refractivity contribution in [1.29, 1.82) is 0 Å². The van der Waals surface area contributed by atoms with Crippen molar-refractivity contribution in [2.24, 2.45) is 12.0 Å². The van der Waals surface area contributed by atoms with Crippen molar-refractivity contribution < 1.29 is 4.74 Å². The molecule has 10 nitrogen and oxygen atoms in total. The number of nitrogens with zero attached hydrogens (tertiary/aromatic N) is 7. The maximum atomic E-state index is 5.25. The Balaban J connectivity index is 0.00000306. The summed E-state index contributed by atoms with van der Waals surface area (Å²) in [4.78, 5) is 11.5. The van der Waals surface area contributed by atoms with Gasteiger partial charge in [0.05, 0.1) is 7.11 Å². The van der Waals surface area contributed by atoms with Crippen molar-refractivity contribution in [2.45, 2.75) is 38.6 Å². The number of aromatic amines is 1. The Morgan fingerprint density at radius 2 is 1.97 bits per heavy atom. The molecule has 1 aliphatic rings. The Kier molecular flexibility index (Phi) is 9.03. The zero-order valence-corrected chi connectivity index (χ0v) is 21.7. The average molecular weight is 565 g/mol. The third kappa shape index (κ3) is 6.42. The molecule has 1 aromatic carbocycles. The van der Waals surface area contributed by atoms with Crippen molar-refractivity contribution in [3.05, 3.63) is 53.6 Å². The fraction of sp³-hybridized carbons (Fsp3) is 0.500. The van der Waals surface area contributed by atoms with Crippen molar-refractivity contribution >= 4 is 29.9 Å². The fourth-order valence-corrected chi connectivity index (χ4v) is 3.89. The molecule has 11 heteroatoms. The van der Waals surface area contributed by atoms with Gasteiger partial charge in [-0.15, -0.1) is 34.2 Å². The minimum absolute atomic E-state index is 0. The molecule has 33 heavy (non-hydrogen) atoms. The second-order valence-electron chi connectivity index (χ2n) is 8.02. The number of aliphatic imine (C=N–C) groups is 1. The molecule has 0 amide bonds. The molecule has 0 aliphatic carbocycles. The van der Waals surface area contributed by atoms with Crippen LogP contribution >= 0.6 is 24.0 Å². The van der Waals surface area contributed by atoms with E-state index in [2.05, 4.69) is 47.7 Å². The molecule has 3 aromatic rings. The maximum absolute atomic E-state index is 5.25. The van der Waals surface area contributed by atoms with Gasteiger partial charge in [0.2, 0.25) is 0 Å². The van der Waals surface area contributed by atoms with Gasteiger partial charge in [0.15, 0.2) is 11.8 Å². The number of nitrogens with one attached hydrogen (secondary N) is 2. The molecule has 0 spiro atoms. The molecule has 2 aromatic heterocycles. The molecule has 2 N–H and O–H groups in total. The van der Waals surface area contributed by atoms with E-state index in [1.165, 1.54) is 5.56 Å². The quantitative estimate of drug-likeness (QED) is 0.257. The Morgan fingerprint density at radius 3 is 2.58 bits per heavy atom. The van der Waals surface area contributed by atoms with E-state index in [1.807, 2.05) is 30.7 Å².